The quantitative estimate of drug-likeness (QED) is 0.277. The zero-order valence-corrected chi connectivity index (χ0v) is 18.2. The lowest BCUT2D eigenvalue weighted by Crippen LogP contribution is -2.51. The van der Waals surface area contributed by atoms with Gasteiger partial charge in [0.15, 0.2) is 0 Å². The van der Waals surface area contributed by atoms with Gasteiger partial charge in [0.2, 0.25) is 0 Å². The maximum atomic E-state index is 12.3. The molecule has 0 radical (unpaired) electrons. The topological polar surface area (TPSA) is 111 Å². The third-order valence-electron chi connectivity index (χ3n) is 4.44. The Morgan fingerprint density at radius 3 is 1.94 bits per heavy atom. The molecule has 2 amide bonds. The smallest absolute Gasteiger partial charge is 0.268 e. The molecule has 2 aromatic carbocycles. The molecule has 0 spiro atoms. The zero-order chi connectivity index (χ0) is 23.0. The van der Waals surface area contributed by atoms with Crippen LogP contribution in [0.3, 0.4) is 0 Å². The van der Waals surface area contributed by atoms with Crippen LogP contribution in [-0.2, 0) is 11.3 Å². The van der Waals surface area contributed by atoms with Crippen molar-refractivity contribution in [2.45, 2.75) is 51.9 Å². The summed E-state index contributed by atoms with van der Waals surface area (Å²) in [6.07, 6.45) is -1.17. The van der Waals surface area contributed by atoms with E-state index in [-0.39, 0.29) is 5.54 Å². The second-order valence-corrected chi connectivity index (χ2v) is 8.30. The first-order chi connectivity index (χ1) is 14.6. The number of hydroxylamine groups is 1. The van der Waals surface area contributed by atoms with Crippen molar-refractivity contribution in [3.8, 4) is 11.8 Å². The second kappa shape index (κ2) is 10.7. The predicted octanol–water partition coefficient (Wildman–Crippen LogP) is 1.96. The van der Waals surface area contributed by atoms with Crippen LogP contribution in [0.2, 0.25) is 0 Å². The van der Waals surface area contributed by atoms with Crippen LogP contribution in [0.15, 0.2) is 48.5 Å². The number of benzene rings is 2. The molecular weight excluding hydrogens is 394 g/mol. The summed E-state index contributed by atoms with van der Waals surface area (Å²) in [4.78, 5) is 23.8. The Bertz CT molecular complexity index is 950. The number of amides is 2. The first kappa shape index (κ1) is 24.1. The minimum absolute atomic E-state index is 0.0596. The van der Waals surface area contributed by atoms with Gasteiger partial charge in [-0.25, -0.2) is 5.48 Å². The average Bonchev–Trinajstić information content (AvgIpc) is 2.74. The molecule has 31 heavy (non-hydrogen) atoms. The Morgan fingerprint density at radius 2 is 1.48 bits per heavy atom. The molecule has 0 aromatic heterocycles. The van der Waals surface area contributed by atoms with E-state index < -0.39 is 24.0 Å². The normalized spacial score (nSPS) is 12.8. The number of hydrogen-bond donors (Lipinski definition) is 5. The second-order valence-electron chi connectivity index (χ2n) is 8.30. The fraction of sp³-hybridized carbons (Fsp3) is 0.333. The van der Waals surface area contributed by atoms with Crippen molar-refractivity contribution in [2.24, 2.45) is 0 Å². The Balaban J connectivity index is 2.01. The molecule has 7 heteroatoms. The minimum Gasteiger partial charge on any atom is -0.391 e. The number of nitrogens with one attached hydrogen (secondary N) is 3. The molecule has 0 heterocycles. The van der Waals surface area contributed by atoms with Gasteiger partial charge in [-0.15, -0.1) is 0 Å². The van der Waals surface area contributed by atoms with Gasteiger partial charge in [-0.05, 0) is 69.7 Å². The summed E-state index contributed by atoms with van der Waals surface area (Å²) >= 11 is 0. The molecule has 0 saturated heterocycles. The van der Waals surface area contributed by atoms with E-state index in [2.05, 4.69) is 43.2 Å². The Hall–Kier alpha value is -3.18. The average molecular weight is 424 g/mol. The highest BCUT2D eigenvalue weighted by Gasteiger charge is 2.25. The van der Waals surface area contributed by atoms with Crippen LogP contribution >= 0.6 is 0 Å². The number of aliphatic hydroxyl groups is 1. The largest absolute Gasteiger partial charge is 0.391 e. The van der Waals surface area contributed by atoms with Crippen LogP contribution in [0.1, 0.15) is 54.7 Å². The van der Waals surface area contributed by atoms with E-state index in [0.717, 1.165) is 17.7 Å². The maximum absolute atomic E-state index is 12.3. The van der Waals surface area contributed by atoms with Gasteiger partial charge in [-0.1, -0.05) is 24.0 Å². The fourth-order valence-corrected chi connectivity index (χ4v) is 2.62. The van der Waals surface area contributed by atoms with Crippen LogP contribution in [0.5, 0.6) is 0 Å². The highest BCUT2D eigenvalue weighted by Crippen LogP contribution is 2.08. The first-order valence-electron chi connectivity index (χ1n) is 9.98. The molecule has 0 aliphatic rings. The van der Waals surface area contributed by atoms with E-state index in [4.69, 9.17) is 5.21 Å². The summed E-state index contributed by atoms with van der Waals surface area (Å²) in [5.41, 5.74) is 4.59. The number of carbonyl (C=O) groups excluding carboxylic acids is 2. The number of hydrogen-bond acceptors (Lipinski definition) is 5. The molecule has 2 aromatic rings. The van der Waals surface area contributed by atoms with E-state index in [1.165, 1.54) is 18.0 Å². The van der Waals surface area contributed by atoms with E-state index in [1.807, 2.05) is 24.3 Å². The molecule has 0 aliphatic heterocycles. The zero-order valence-electron chi connectivity index (χ0n) is 18.2. The highest BCUT2D eigenvalue weighted by atomic mass is 16.5. The maximum Gasteiger partial charge on any atom is 0.268 e. The standard InChI is InChI=1S/C24H29N3O4/c1-16(28)21(23(30)27-31)26-22(29)20-13-11-18(12-14-20)6-5-17-7-9-19(10-8-17)15-25-24(2,3)4/h7-14,16,21,25,28,31H,15H2,1-4H3,(H,26,29)(H,27,30)/t16-,21+/m1/s1. The van der Waals surface area contributed by atoms with Crippen LogP contribution in [0.25, 0.3) is 0 Å². The van der Waals surface area contributed by atoms with Gasteiger partial charge in [0.05, 0.1) is 6.10 Å². The predicted molar refractivity (Wildman–Crippen MR) is 118 cm³/mol. The van der Waals surface area contributed by atoms with Crippen LogP contribution in [0, 0.1) is 11.8 Å². The molecule has 0 aliphatic carbocycles. The van der Waals surface area contributed by atoms with Crippen molar-refractivity contribution < 1.29 is 19.9 Å². The van der Waals surface area contributed by atoms with Gasteiger partial charge < -0.3 is 15.7 Å². The van der Waals surface area contributed by atoms with Crippen LogP contribution in [0.4, 0.5) is 0 Å². The molecule has 0 saturated carbocycles. The van der Waals surface area contributed by atoms with Gasteiger partial charge in [-0.3, -0.25) is 14.8 Å². The lowest BCUT2D eigenvalue weighted by Gasteiger charge is -2.20. The number of rotatable bonds is 6. The van der Waals surface area contributed by atoms with Gasteiger partial charge in [0, 0.05) is 28.8 Å². The van der Waals surface area contributed by atoms with Gasteiger partial charge in [0.25, 0.3) is 11.8 Å². The van der Waals surface area contributed by atoms with Crippen molar-refractivity contribution in [3.63, 3.8) is 0 Å². The van der Waals surface area contributed by atoms with E-state index in [9.17, 15) is 14.7 Å². The van der Waals surface area contributed by atoms with E-state index in [1.54, 1.807) is 24.3 Å². The molecule has 7 nitrogen and oxygen atoms in total. The first-order valence-corrected chi connectivity index (χ1v) is 9.98. The summed E-state index contributed by atoms with van der Waals surface area (Å²) in [5.74, 6) is 4.70. The van der Waals surface area contributed by atoms with Crippen LogP contribution < -0.4 is 16.1 Å². The minimum atomic E-state index is -1.27. The molecule has 164 valence electrons. The SMILES string of the molecule is C[C@@H](O)[C@H](NC(=O)c1ccc(C#Cc2ccc(CNC(C)(C)C)cc2)cc1)C(=O)NO. The summed E-state index contributed by atoms with van der Waals surface area (Å²) in [6.45, 7) is 8.50. The molecular formula is C24H29N3O4. The molecule has 0 fully saturated rings. The molecule has 0 unspecified atom stereocenters. The summed E-state index contributed by atoms with van der Waals surface area (Å²) in [6, 6.07) is 13.3. The Morgan fingerprint density at radius 1 is 0.968 bits per heavy atom. The van der Waals surface area contributed by atoms with Gasteiger partial charge in [0.1, 0.15) is 6.04 Å². The highest BCUT2D eigenvalue weighted by molar-refractivity contribution is 5.97. The number of aliphatic hydroxyl groups excluding tert-OH is 1. The summed E-state index contributed by atoms with van der Waals surface area (Å²) in [7, 11) is 0. The van der Waals surface area contributed by atoms with E-state index in [0.29, 0.717) is 5.56 Å². The fourth-order valence-electron chi connectivity index (χ4n) is 2.62. The molecule has 2 atom stereocenters. The lowest BCUT2D eigenvalue weighted by molar-refractivity contribution is -0.133. The summed E-state index contributed by atoms with van der Waals surface area (Å²) < 4.78 is 0. The Kier molecular flexibility index (Phi) is 8.34. The summed E-state index contributed by atoms with van der Waals surface area (Å²) in [5, 5.41) is 24.1. The van der Waals surface area contributed by atoms with Crippen LogP contribution in [-0.4, -0.2) is 39.8 Å². The number of carbonyl (C=O) groups is 2. The van der Waals surface area contributed by atoms with Crippen molar-refractivity contribution >= 4 is 11.8 Å². The van der Waals surface area contributed by atoms with E-state index >= 15 is 0 Å². The monoisotopic (exact) mass is 423 g/mol. The lowest BCUT2D eigenvalue weighted by atomic mass is 10.1. The van der Waals surface area contributed by atoms with Crippen molar-refractivity contribution in [2.75, 3.05) is 0 Å². The van der Waals surface area contributed by atoms with Crippen molar-refractivity contribution in [3.05, 3.63) is 70.8 Å². The molecule has 5 N–H and O–H groups in total. The molecule has 0 bridgehead atoms. The third-order valence-corrected chi connectivity index (χ3v) is 4.44. The van der Waals surface area contributed by atoms with Gasteiger partial charge >= 0.3 is 0 Å². The third kappa shape index (κ3) is 7.87. The molecule has 2 rings (SSSR count). The van der Waals surface area contributed by atoms with Gasteiger partial charge in [-0.2, -0.15) is 0 Å². The Labute approximate surface area is 182 Å². The van der Waals surface area contributed by atoms with Crippen molar-refractivity contribution in [1.29, 1.82) is 0 Å². The van der Waals surface area contributed by atoms with Crippen molar-refractivity contribution in [1.82, 2.24) is 16.1 Å².